The zero-order valence-corrected chi connectivity index (χ0v) is 14.4. The molecule has 50 valence electrons. The average Bonchev–Trinajstić information content (AvgIpc) is 1.41. The molecule has 2 radical (unpaired) electrons. The van der Waals surface area contributed by atoms with Gasteiger partial charge in [-0.05, 0) is 0 Å². The summed E-state index contributed by atoms with van der Waals surface area (Å²) in [5.41, 5.74) is 0. The van der Waals surface area contributed by atoms with Crippen molar-refractivity contribution in [1.82, 2.24) is 0 Å². The zero-order chi connectivity index (χ0) is 4.12. The average molecular weight is 480 g/mol. The molecule has 0 aliphatic rings. The van der Waals surface area contributed by atoms with Gasteiger partial charge in [0.25, 0.3) is 0 Å². The maximum Gasteiger partial charge on any atom is 4.00 e. The molecule has 0 aromatic heterocycles. The second-order valence-electron chi connectivity index (χ2n) is 0.462. The van der Waals surface area contributed by atoms with Crippen LogP contribution in [0, 0.1) is 0 Å². The van der Waals surface area contributed by atoms with Crippen LogP contribution in [-0.2, 0) is 26.2 Å². The molecule has 0 atom stereocenters. The van der Waals surface area contributed by atoms with Crippen molar-refractivity contribution in [2.24, 2.45) is 0 Å². The minimum absolute atomic E-state index is 0. The molecule has 0 fully saturated rings. The molecule has 0 N–H and O–H groups in total. The van der Waals surface area contributed by atoms with Crippen LogP contribution in [0.2, 0.25) is 0 Å². The van der Waals surface area contributed by atoms with E-state index in [2.05, 4.69) is 3.95 Å². The van der Waals surface area contributed by atoms with Gasteiger partial charge in [0, 0.05) is 0 Å². The van der Waals surface area contributed by atoms with Gasteiger partial charge in [-0.2, -0.15) is 0 Å². The van der Waals surface area contributed by atoms with Crippen LogP contribution in [0.1, 0.15) is 0 Å². The summed E-state index contributed by atoms with van der Waals surface area (Å²) in [7, 11) is 0. The van der Waals surface area contributed by atoms with Crippen molar-refractivity contribution in [3.63, 3.8) is 0 Å². The van der Waals surface area contributed by atoms with E-state index in [9.17, 15) is 0 Å². The minimum Gasteiger partial charge on any atom is 4.00 e. The van der Waals surface area contributed by atoms with Crippen LogP contribution in [0.4, 0.5) is 0 Å². The smallest absolute Gasteiger partial charge is 4.00 e. The van der Waals surface area contributed by atoms with Crippen molar-refractivity contribution in [2.45, 2.75) is 0 Å². The molecule has 6 heteroatoms. The normalized spacial score (nSPS) is 5.00. The Labute approximate surface area is 121 Å². The molecule has 0 nitrogen and oxygen atoms in total. The van der Waals surface area contributed by atoms with Crippen molar-refractivity contribution in [3.05, 3.63) is 10.1 Å². The first-order chi connectivity index (χ1) is 2.41. The molecule has 0 aromatic carbocycles. The molecule has 0 aromatic rings. The molecule has 0 saturated carbocycles. The number of allylic oxidation sites excluding steroid dienone is 1. The molecule has 0 saturated heterocycles. The maximum atomic E-state index is 2.91. The van der Waals surface area contributed by atoms with E-state index in [0.29, 0.717) is 0 Å². The van der Waals surface area contributed by atoms with Crippen LogP contribution in [0.25, 0.3) is 0 Å². The monoisotopic (exact) mass is 476 g/mol. The van der Waals surface area contributed by atoms with E-state index in [1.54, 1.807) is 22.5 Å². The molecule has 0 unspecified atom stereocenters. The van der Waals surface area contributed by atoms with Crippen molar-refractivity contribution >= 4 is 49.5 Å². The van der Waals surface area contributed by atoms with Gasteiger partial charge in [0.05, 0.1) is 0 Å². The third-order valence-electron chi connectivity index (χ3n) is 0.158. The van der Waals surface area contributed by atoms with Crippen molar-refractivity contribution in [2.75, 3.05) is 0 Å². The van der Waals surface area contributed by atoms with Crippen LogP contribution < -0.4 is 37.2 Å². The SMILES string of the molecule is [Cl-].[Cl-].[Cl-].[Sb]=[C-]C=[CH][SbH].[Zr+4]. The Hall–Kier alpha value is 3.00. The Morgan fingerprint density at radius 2 is 1.56 bits per heavy atom. The second-order valence-corrected chi connectivity index (χ2v) is 2.15. The molecule has 0 aliphatic heterocycles. The minimum atomic E-state index is 0. The quantitative estimate of drug-likeness (QED) is 0.259. The van der Waals surface area contributed by atoms with Gasteiger partial charge in [0.2, 0.25) is 0 Å². The van der Waals surface area contributed by atoms with Crippen LogP contribution in [0.15, 0.2) is 10.1 Å². The summed E-state index contributed by atoms with van der Waals surface area (Å²) in [5.74, 6) is 0. The van der Waals surface area contributed by atoms with E-state index >= 15 is 0 Å². The van der Waals surface area contributed by atoms with E-state index in [1.807, 2.05) is 10.1 Å². The fourth-order valence-electron chi connectivity index (χ4n) is 0.0373. The van der Waals surface area contributed by atoms with E-state index in [0.717, 1.165) is 0 Å². The molecule has 0 spiro atoms. The standard InChI is InChI=1S/C3H2.3ClH.2Sb.Zr.H/c1-3-2;;;;;;;/h1,3H;3*1H;;;;/q-1;;;;;;+4;/p-3. The Morgan fingerprint density at radius 1 is 1.22 bits per heavy atom. The number of hydrogen-bond donors (Lipinski definition) is 0. The van der Waals surface area contributed by atoms with Crippen molar-refractivity contribution < 1.29 is 63.4 Å². The summed E-state index contributed by atoms with van der Waals surface area (Å²) in [6.07, 6.45) is 1.94. The van der Waals surface area contributed by atoms with E-state index < -0.39 is 0 Å². The van der Waals surface area contributed by atoms with Gasteiger partial charge >= 0.3 is 85.8 Å². The van der Waals surface area contributed by atoms with Crippen LogP contribution in [-0.4, -0.2) is 49.5 Å². The molecule has 0 aliphatic carbocycles. The second kappa shape index (κ2) is 30.6. The summed E-state index contributed by atoms with van der Waals surface area (Å²) in [6, 6.07) is 0. The summed E-state index contributed by atoms with van der Waals surface area (Å²) < 4.78 is 4.96. The Balaban J connectivity index is -0.0000000133. The Bertz CT molecular complexity index is 59.0. The summed E-state index contributed by atoms with van der Waals surface area (Å²) in [4.78, 5) is 0. The predicted molar refractivity (Wildman–Crippen MR) is 27.0 cm³/mol. The molecular weight excluding hydrogens is 477 g/mol. The largest absolute Gasteiger partial charge is 4.00 e. The van der Waals surface area contributed by atoms with Crippen molar-refractivity contribution in [3.8, 4) is 0 Å². The maximum absolute atomic E-state index is 2.91. The van der Waals surface area contributed by atoms with E-state index in [1.165, 1.54) is 23.0 Å². The number of hydrogen-bond acceptors (Lipinski definition) is 0. The fraction of sp³-hybridized carbons (Fsp3) is 0. The fourth-order valence-corrected chi connectivity index (χ4v) is 1.68. The third-order valence-corrected chi connectivity index (χ3v) is 1.06. The van der Waals surface area contributed by atoms with Gasteiger partial charge in [0.1, 0.15) is 0 Å². The van der Waals surface area contributed by atoms with Crippen LogP contribution in [0.3, 0.4) is 0 Å². The Kier molecular flexibility index (Phi) is 101. The van der Waals surface area contributed by atoms with Gasteiger partial charge in [0.15, 0.2) is 0 Å². The molecule has 0 heterocycles. The first-order valence-corrected chi connectivity index (χ1v) is 4.06. The molecule has 0 amide bonds. The first kappa shape index (κ1) is 29.6. The number of rotatable bonds is 1. The summed E-state index contributed by atoms with van der Waals surface area (Å²) in [6.45, 7) is 0. The first-order valence-electron chi connectivity index (χ1n) is 1.13. The predicted octanol–water partition coefficient (Wildman–Crippen LogP) is -9.74. The van der Waals surface area contributed by atoms with Gasteiger partial charge in [-0.3, -0.25) is 0 Å². The summed E-state index contributed by atoms with van der Waals surface area (Å²) >= 11 is 3.05. The molecule has 0 rings (SSSR count). The zero-order valence-electron chi connectivity index (χ0n) is 4.24. The molecular formula is C3H3Cl3Sb2Zr. The van der Waals surface area contributed by atoms with Crippen molar-refractivity contribution in [1.29, 1.82) is 0 Å². The Morgan fingerprint density at radius 3 is 1.56 bits per heavy atom. The number of halogens is 3. The molecule has 9 heavy (non-hydrogen) atoms. The topological polar surface area (TPSA) is 0 Å². The van der Waals surface area contributed by atoms with E-state index in [4.69, 9.17) is 0 Å². The van der Waals surface area contributed by atoms with Crippen LogP contribution in [0.5, 0.6) is 0 Å². The summed E-state index contributed by atoms with van der Waals surface area (Å²) in [5, 5.41) is 0. The van der Waals surface area contributed by atoms with E-state index in [-0.39, 0.29) is 63.4 Å². The third kappa shape index (κ3) is 35.6. The molecule has 0 bridgehead atoms. The van der Waals surface area contributed by atoms with Gasteiger partial charge in [-0.1, -0.05) is 0 Å². The van der Waals surface area contributed by atoms with Gasteiger partial charge in [-0.15, -0.1) is 0 Å². The van der Waals surface area contributed by atoms with Crippen LogP contribution >= 0.6 is 0 Å². The van der Waals surface area contributed by atoms with Gasteiger partial charge in [-0.25, -0.2) is 0 Å². The van der Waals surface area contributed by atoms with Gasteiger partial charge < -0.3 is 37.2 Å².